The quantitative estimate of drug-likeness (QED) is 0.556. The molecule has 0 radical (unpaired) electrons. The van der Waals surface area contributed by atoms with Crippen molar-refractivity contribution < 1.29 is 14.0 Å². The number of halogens is 1. The predicted molar refractivity (Wildman–Crippen MR) is 129 cm³/mol. The van der Waals surface area contributed by atoms with E-state index in [0.717, 1.165) is 42.3 Å². The van der Waals surface area contributed by atoms with Gasteiger partial charge >= 0.3 is 0 Å². The lowest BCUT2D eigenvalue weighted by Crippen LogP contribution is -2.64. The van der Waals surface area contributed by atoms with E-state index in [2.05, 4.69) is 18.3 Å². The molecule has 3 heterocycles. The van der Waals surface area contributed by atoms with Crippen LogP contribution >= 0.6 is 11.3 Å². The Labute approximate surface area is 197 Å². The van der Waals surface area contributed by atoms with Crippen LogP contribution in [-0.2, 0) is 24.3 Å². The fraction of sp³-hybridized carbons (Fsp3) is 0.462. The molecule has 1 saturated carbocycles. The number of thiophene rings is 1. The van der Waals surface area contributed by atoms with Crippen LogP contribution in [-0.4, -0.2) is 32.9 Å². The first-order chi connectivity index (χ1) is 15.9. The number of amides is 2. The van der Waals surface area contributed by atoms with Gasteiger partial charge in [0.15, 0.2) is 0 Å². The van der Waals surface area contributed by atoms with E-state index >= 15 is 0 Å². The summed E-state index contributed by atoms with van der Waals surface area (Å²) in [5.74, 6) is -0.750. The van der Waals surface area contributed by atoms with Gasteiger partial charge in [-0.25, -0.2) is 4.39 Å². The number of nitrogens with one attached hydrogen (secondary N) is 1. The fourth-order valence-corrected chi connectivity index (χ4v) is 6.24. The number of aryl methyl sites for hydroxylation is 1. The van der Waals surface area contributed by atoms with E-state index in [4.69, 9.17) is 0 Å². The highest BCUT2D eigenvalue weighted by atomic mass is 32.1. The van der Waals surface area contributed by atoms with Gasteiger partial charge in [0.05, 0.1) is 23.3 Å². The number of fused-ring (bicyclic) bond motifs is 3. The fourth-order valence-electron chi connectivity index (χ4n) is 5.20. The van der Waals surface area contributed by atoms with E-state index in [0.29, 0.717) is 17.8 Å². The first-order valence-corrected chi connectivity index (χ1v) is 12.7. The lowest BCUT2D eigenvalue weighted by atomic mass is 9.91. The summed E-state index contributed by atoms with van der Waals surface area (Å²) >= 11 is 1.69. The molecule has 1 N–H and O–H groups in total. The summed E-state index contributed by atoms with van der Waals surface area (Å²) in [7, 11) is 0. The van der Waals surface area contributed by atoms with Gasteiger partial charge in [-0.1, -0.05) is 44.4 Å². The van der Waals surface area contributed by atoms with Crippen molar-refractivity contribution in [2.75, 3.05) is 0 Å². The van der Waals surface area contributed by atoms with Crippen LogP contribution in [0.2, 0.25) is 0 Å². The largest absolute Gasteiger partial charge is 0.351 e. The summed E-state index contributed by atoms with van der Waals surface area (Å²) in [6.45, 7) is 4.35. The van der Waals surface area contributed by atoms with Gasteiger partial charge in [-0.05, 0) is 44.4 Å². The van der Waals surface area contributed by atoms with Gasteiger partial charge in [-0.3, -0.25) is 9.59 Å². The van der Waals surface area contributed by atoms with Gasteiger partial charge in [0, 0.05) is 16.5 Å². The van der Waals surface area contributed by atoms with Gasteiger partial charge in [0.25, 0.3) is 5.91 Å². The Bertz CT molecular complexity index is 1210. The summed E-state index contributed by atoms with van der Waals surface area (Å²) in [6.07, 6.45) is 6.28. The van der Waals surface area contributed by atoms with Crippen molar-refractivity contribution in [2.24, 2.45) is 0 Å². The van der Waals surface area contributed by atoms with Crippen molar-refractivity contribution in [3.05, 3.63) is 58.3 Å². The summed E-state index contributed by atoms with van der Waals surface area (Å²) in [5, 5.41) is 3.23. The highest BCUT2D eigenvalue weighted by Gasteiger charge is 2.48. The van der Waals surface area contributed by atoms with Crippen LogP contribution in [0.4, 0.5) is 4.39 Å². The number of rotatable bonds is 5. The third kappa shape index (κ3) is 3.86. The maximum absolute atomic E-state index is 14.6. The number of carbonyl (C=O) groups is 2. The maximum Gasteiger partial charge on any atom is 0.271 e. The molecular weight excluding hydrogens is 437 g/mol. The van der Waals surface area contributed by atoms with E-state index in [9.17, 15) is 14.0 Å². The molecule has 1 aliphatic carbocycles. The molecule has 174 valence electrons. The van der Waals surface area contributed by atoms with Crippen molar-refractivity contribution in [1.29, 1.82) is 0 Å². The zero-order valence-electron chi connectivity index (χ0n) is 19.2. The van der Waals surface area contributed by atoms with Crippen molar-refractivity contribution in [2.45, 2.75) is 77.0 Å². The van der Waals surface area contributed by atoms with Crippen LogP contribution in [0.3, 0.4) is 0 Å². The van der Waals surface area contributed by atoms with Crippen LogP contribution in [0.25, 0.3) is 10.2 Å². The summed E-state index contributed by atoms with van der Waals surface area (Å²) in [6, 6.07) is 10.7. The lowest BCUT2D eigenvalue weighted by Gasteiger charge is -2.45. The van der Waals surface area contributed by atoms with Gasteiger partial charge in [-0.2, -0.15) is 0 Å². The third-order valence-corrected chi connectivity index (χ3v) is 8.45. The zero-order valence-corrected chi connectivity index (χ0v) is 20.0. The van der Waals surface area contributed by atoms with Crippen LogP contribution in [0, 0.1) is 5.82 Å². The molecule has 2 aromatic heterocycles. The number of benzene rings is 1. The molecule has 3 aromatic rings. The van der Waals surface area contributed by atoms with Crippen LogP contribution in [0.1, 0.15) is 66.9 Å². The molecule has 5 rings (SSSR count). The number of hydrogen-bond donors (Lipinski definition) is 1. The van der Waals surface area contributed by atoms with E-state index in [1.165, 1.54) is 17.4 Å². The Morgan fingerprint density at radius 3 is 2.70 bits per heavy atom. The second-order valence-corrected chi connectivity index (χ2v) is 10.7. The molecule has 1 aromatic carbocycles. The first kappa shape index (κ1) is 22.1. The predicted octanol–water partition coefficient (Wildman–Crippen LogP) is 5.27. The Kier molecular flexibility index (Phi) is 5.77. The standard InChI is InChI=1S/C26H30FN3O2S/c1-3-19-13-21-23(33-19)14-22-24(31)30(15-17-9-7-8-12-20(17)27)26(2,16-29(21)22)25(32)28-18-10-5-4-6-11-18/h7-9,12-14,18H,3-6,10-11,15-16H2,1-2H3,(H,28,32)/t26-/m0/s1. The third-order valence-electron chi connectivity index (χ3n) is 7.23. The minimum absolute atomic E-state index is 0.0547. The van der Waals surface area contributed by atoms with Crippen LogP contribution in [0.5, 0.6) is 0 Å². The topological polar surface area (TPSA) is 54.3 Å². The zero-order chi connectivity index (χ0) is 23.2. The Hall–Kier alpha value is -2.67. The SMILES string of the molecule is CCc1cc2c(cc3n2C[C@@](C)(C(=O)NC2CCCCC2)N(Cc2ccccc2F)C3=O)s1. The normalized spacial score (nSPS) is 21.4. The lowest BCUT2D eigenvalue weighted by molar-refractivity contribution is -0.134. The summed E-state index contributed by atoms with van der Waals surface area (Å²) < 4.78 is 17.6. The van der Waals surface area contributed by atoms with Gasteiger partial charge in [0.2, 0.25) is 5.91 Å². The molecule has 5 nitrogen and oxygen atoms in total. The molecule has 33 heavy (non-hydrogen) atoms. The van der Waals surface area contributed by atoms with Crippen molar-refractivity contribution >= 4 is 33.4 Å². The Balaban J connectivity index is 1.55. The molecule has 0 spiro atoms. The minimum atomic E-state index is -1.12. The minimum Gasteiger partial charge on any atom is -0.351 e. The summed E-state index contributed by atoms with van der Waals surface area (Å²) in [4.78, 5) is 30.3. The number of aromatic nitrogens is 1. The van der Waals surface area contributed by atoms with E-state index in [1.54, 1.807) is 34.4 Å². The number of carbonyl (C=O) groups excluding carboxylic acids is 2. The molecule has 0 bridgehead atoms. The Morgan fingerprint density at radius 2 is 1.97 bits per heavy atom. The van der Waals surface area contributed by atoms with E-state index < -0.39 is 5.54 Å². The van der Waals surface area contributed by atoms with E-state index in [-0.39, 0.29) is 30.2 Å². The average molecular weight is 468 g/mol. The summed E-state index contributed by atoms with van der Waals surface area (Å²) in [5.41, 5.74) is 0.864. The van der Waals surface area contributed by atoms with E-state index in [1.807, 2.05) is 17.6 Å². The monoisotopic (exact) mass is 467 g/mol. The highest BCUT2D eigenvalue weighted by Crippen LogP contribution is 2.37. The molecular formula is C26H30FN3O2S. The van der Waals surface area contributed by atoms with Gasteiger partial charge in [0.1, 0.15) is 17.1 Å². The van der Waals surface area contributed by atoms with Crippen molar-refractivity contribution in [3.8, 4) is 0 Å². The molecule has 7 heteroatoms. The van der Waals surface area contributed by atoms with Gasteiger partial charge < -0.3 is 14.8 Å². The second kappa shape index (κ2) is 8.60. The molecule has 0 unspecified atom stereocenters. The molecule has 1 aliphatic heterocycles. The van der Waals surface area contributed by atoms with Crippen LogP contribution in [0.15, 0.2) is 36.4 Å². The smallest absolute Gasteiger partial charge is 0.271 e. The molecule has 1 atom stereocenters. The second-order valence-electron chi connectivity index (χ2n) is 9.50. The molecule has 2 amide bonds. The van der Waals surface area contributed by atoms with Crippen molar-refractivity contribution in [3.63, 3.8) is 0 Å². The molecule has 1 fully saturated rings. The highest BCUT2D eigenvalue weighted by molar-refractivity contribution is 7.19. The van der Waals surface area contributed by atoms with Crippen molar-refractivity contribution in [1.82, 2.24) is 14.8 Å². The number of nitrogens with zero attached hydrogens (tertiary/aromatic N) is 2. The van der Waals surface area contributed by atoms with Crippen LogP contribution < -0.4 is 5.32 Å². The average Bonchev–Trinajstić information content (AvgIpc) is 3.37. The molecule has 0 saturated heterocycles. The maximum atomic E-state index is 14.6. The Morgan fingerprint density at radius 1 is 1.21 bits per heavy atom. The first-order valence-electron chi connectivity index (χ1n) is 11.9. The van der Waals surface area contributed by atoms with Gasteiger partial charge in [-0.15, -0.1) is 11.3 Å². The molecule has 2 aliphatic rings. The number of hydrogen-bond acceptors (Lipinski definition) is 3.